The fourth-order valence-corrected chi connectivity index (χ4v) is 1.62. The van der Waals surface area contributed by atoms with Crippen molar-refractivity contribution in [3.05, 3.63) is 36.2 Å². The van der Waals surface area contributed by atoms with E-state index in [0.717, 1.165) is 0 Å². The van der Waals surface area contributed by atoms with E-state index in [0.29, 0.717) is 17.0 Å². The number of nitrogens with zero attached hydrogens (tertiary/aromatic N) is 1. The van der Waals surface area contributed by atoms with Gasteiger partial charge in [-0.15, -0.1) is 0 Å². The first kappa shape index (κ1) is 14.7. The normalized spacial score (nSPS) is 12.6. The molecule has 0 aliphatic heterocycles. The zero-order valence-corrected chi connectivity index (χ0v) is 11.0. The molecule has 1 aromatic carbocycles. The summed E-state index contributed by atoms with van der Waals surface area (Å²) in [5.74, 6) is -1.43. The molecule has 21 heavy (non-hydrogen) atoms. The van der Waals surface area contributed by atoms with E-state index < -0.39 is 18.0 Å². The second kappa shape index (κ2) is 6.67. The van der Waals surface area contributed by atoms with Crippen molar-refractivity contribution in [1.82, 2.24) is 10.3 Å². The average Bonchev–Trinajstić information content (AvgIpc) is 2.87. The molecule has 2 aromatic rings. The number of aliphatic hydroxyl groups is 1. The number of rotatable bonds is 6. The van der Waals surface area contributed by atoms with E-state index >= 15 is 0 Å². The average molecular weight is 290 g/mol. The number of benzene rings is 1. The summed E-state index contributed by atoms with van der Waals surface area (Å²) in [6, 6.07) is 7.22. The highest BCUT2D eigenvalue weighted by molar-refractivity contribution is 5.91. The number of hydrogen-bond donors (Lipinski definition) is 3. The number of amides is 1. The van der Waals surface area contributed by atoms with Crippen molar-refractivity contribution >= 4 is 29.1 Å². The van der Waals surface area contributed by atoms with Crippen molar-refractivity contribution in [2.24, 2.45) is 0 Å². The minimum Gasteiger partial charge on any atom is -0.479 e. The standard InChI is InChI=1S/C14H14N2O5/c17-10(14(19)20)7-8-15-12(18)5-6-13-16-9-3-1-2-4-11(9)21-13/h1-6,10,17H,7-8H2,(H,15,18)(H,19,20)/b6-5+/t10-/m0/s1. The third-order valence-electron chi connectivity index (χ3n) is 2.69. The monoisotopic (exact) mass is 290 g/mol. The summed E-state index contributed by atoms with van der Waals surface area (Å²) >= 11 is 0. The molecule has 0 unspecified atom stereocenters. The highest BCUT2D eigenvalue weighted by Gasteiger charge is 2.12. The Kier molecular flexibility index (Phi) is 4.68. The van der Waals surface area contributed by atoms with Gasteiger partial charge in [0.05, 0.1) is 0 Å². The van der Waals surface area contributed by atoms with Gasteiger partial charge in [-0.05, 0) is 12.1 Å². The van der Waals surface area contributed by atoms with Crippen LogP contribution in [0.15, 0.2) is 34.8 Å². The Hall–Kier alpha value is -2.67. The lowest BCUT2D eigenvalue weighted by molar-refractivity contribution is -0.147. The number of aliphatic hydroxyl groups excluding tert-OH is 1. The first-order valence-electron chi connectivity index (χ1n) is 6.28. The van der Waals surface area contributed by atoms with Crippen LogP contribution in [0.25, 0.3) is 17.2 Å². The number of nitrogens with one attached hydrogen (secondary N) is 1. The number of aliphatic carboxylic acids is 1. The van der Waals surface area contributed by atoms with E-state index in [2.05, 4.69) is 10.3 Å². The van der Waals surface area contributed by atoms with Crippen molar-refractivity contribution < 1.29 is 24.2 Å². The molecule has 0 radical (unpaired) electrons. The molecule has 2 rings (SSSR count). The molecule has 0 aliphatic carbocycles. The van der Waals surface area contributed by atoms with Gasteiger partial charge in [-0.3, -0.25) is 4.79 Å². The molecule has 110 valence electrons. The number of para-hydroxylation sites is 2. The Morgan fingerprint density at radius 2 is 2.14 bits per heavy atom. The van der Waals surface area contributed by atoms with Crippen LogP contribution < -0.4 is 5.32 Å². The number of hydrogen-bond acceptors (Lipinski definition) is 5. The number of aromatic nitrogens is 1. The Labute approximate surface area is 119 Å². The largest absolute Gasteiger partial charge is 0.479 e. The van der Waals surface area contributed by atoms with Crippen molar-refractivity contribution in [3.8, 4) is 0 Å². The first-order chi connectivity index (χ1) is 10.1. The Morgan fingerprint density at radius 1 is 1.38 bits per heavy atom. The fraction of sp³-hybridized carbons (Fsp3) is 0.214. The van der Waals surface area contributed by atoms with Crippen LogP contribution >= 0.6 is 0 Å². The van der Waals surface area contributed by atoms with Crippen LogP contribution in [0.5, 0.6) is 0 Å². The van der Waals surface area contributed by atoms with E-state index in [1.54, 1.807) is 12.1 Å². The molecular formula is C14H14N2O5. The van der Waals surface area contributed by atoms with Gasteiger partial charge in [-0.25, -0.2) is 9.78 Å². The van der Waals surface area contributed by atoms with Crippen LogP contribution in [0.1, 0.15) is 12.3 Å². The van der Waals surface area contributed by atoms with E-state index in [9.17, 15) is 9.59 Å². The maximum absolute atomic E-state index is 11.5. The van der Waals surface area contributed by atoms with Gasteiger partial charge in [0.15, 0.2) is 11.7 Å². The van der Waals surface area contributed by atoms with Gasteiger partial charge in [0.1, 0.15) is 5.52 Å². The third kappa shape index (κ3) is 4.15. The predicted octanol–water partition coefficient (Wildman–Crippen LogP) is 0.793. The van der Waals surface area contributed by atoms with Gasteiger partial charge in [0.2, 0.25) is 11.8 Å². The van der Waals surface area contributed by atoms with Gasteiger partial charge >= 0.3 is 5.97 Å². The molecule has 0 saturated carbocycles. The summed E-state index contributed by atoms with van der Waals surface area (Å²) < 4.78 is 5.40. The maximum atomic E-state index is 11.5. The van der Waals surface area contributed by atoms with Crippen LogP contribution in [-0.4, -0.2) is 39.7 Å². The molecule has 0 fully saturated rings. The van der Waals surface area contributed by atoms with E-state index in [4.69, 9.17) is 14.6 Å². The molecule has 0 spiro atoms. The third-order valence-corrected chi connectivity index (χ3v) is 2.69. The summed E-state index contributed by atoms with van der Waals surface area (Å²) in [7, 11) is 0. The van der Waals surface area contributed by atoms with E-state index in [1.807, 2.05) is 12.1 Å². The fourth-order valence-electron chi connectivity index (χ4n) is 1.62. The molecule has 1 amide bonds. The smallest absolute Gasteiger partial charge is 0.332 e. The second-order valence-corrected chi connectivity index (χ2v) is 4.29. The summed E-state index contributed by atoms with van der Waals surface area (Å²) in [5.41, 5.74) is 1.32. The number of carbonyl (C=O) groups excluding carboxylic acids is 1. The number of fused-ring (bicyclic) bond motifs is 1. The molecule has 0 bridgehead atoms. The van der Waals surface area contributed by atoms with Crippen molar-refractivity contribution in [1.29, 1.82) is 0 Å². The van der Waals surface area contributed by atoms with Gasteiger partial charge in [-0.1, -0.05) is 12.1 Å². The van der Waals surface area contributed by atoms with Crippen LogP contribution in [-0.2, 0) is 9.59 Å². The van der Waals surface area contributed by atoms with E-state index in [1.165, 1.54) is 12.2 Å². The second-order valence-electron chi connectivity index (χ2n) is 4.29. The molecule has 0 aliphatic rings. The minimum atomic E-state index is -1.48. The van der Waals surface area contributed by atoms with Gasteiger partial charge in [-0.2, -0.15) is 0 Å². The summed E-state index contributed by atoms with van der Waals surface area (Å²) in [6.07, 6.45) is 1.12. The van der Waals surface area contributed by atoms with Crippen LogP contribution in [0.4, 0.5) is 0 Å². The zero-order valence-electron chi connectivity index (χ0n) is 11.0. The van der Waals surface area contributed by atoms with Crippen LogP contribution in [0, 0.1) is 0 Å². The maximum Gasteiger partial charge on any atom is 0.332 e. The summed E-state index contributed by atoms with van der Waals surface area (Å²) in [5, 5.41) is 20.0. The van der Waals surface area contributed by atoms with Gasteiger partial charge < -0.3 is 19.9 Å². The Morgan fingerprint density at radius 3 is 2.86 bits per heavy atom. The van der Waals surface area contributed by atoms with Gasteiger partial charge in [0, 0.05) is 25.1 Å². The summed E-state index contributed by atoms with van der Waals surface area (Å²) in [4.78, 5) is 26.0. The van der Waals surface area contributed by atoms with Crippen LogP contribution in [0.2, 0.25) is 0 Å². The van der Waals surface area contributed by atoms with Crippen LogP contribution in [0.3, 0.4) is 0 Å². The number of carboxylic acids is 1. The van der Waals surface area contributed by atoms with Crippen molar-refractivity contribution in [2.75, 3.05) is 6.54 Å². The lowest BCUT2D eigenvalue weighted by Gasteiger charge is -2.04. The van der Waals surface area contributed by atoms with Crippen molar-refractivity contribution in [3.63, 3.8) is 0 Å². The minimum absolute atomic E-state index is 0.0577. The number of oxazole rings is 1. The Balaban J connectivity index is 1.85. The van der Waals surface area contributed by atoms with Crippen molar-refractivity contribution in [2.45, 2.75) is 12.5 Å². The topological polar surface area (TPSA) is 113 Å². The lowest BCUT2D eigenvalue weighted by atomic mass is 10.2. The van der Waals surface area contributed by atoms with Gasteiger partial charge in [0.25, 0.3) is 0 Å². The zero-order chi connectivity index (χ0) is 15.2. The molecule has 1 atom stereocenters. The molecule has 1 aromatic heterocycles. The predicted molar refractivity (Wildman–Crippen MR) is 74.3 cm³/mol. The molecule has 7 heteroatoms. The highest BCUT2D eigenvalue weighted by Crippen LogP contribution is 2.15. The molecule has 3 N–H and O–H groups in total. The number of carboxylic acid groups (broad SMARTS) is 1. The van der Waals surface area contributed by atoms with E-state index in [-0.39, 0.29) is 13.0 Å². The molecule has 1 heterocycles. The number of carbonyl (C=O) groups is 2. The lowest BCUT2D eigenvalue weighted by Crippen LogP contribution is -2.28. The highest BCUT2D eigenvalue weighted by atomic mass is 16.4. The molecule has 0 saturated heterocycles. The first-order valence-corrected chi connectivity index (χ1v) is 6.28. The quantitative estimate of drug-likeness (QED) is 0.678. The molecule has 7 nitrogen and oxygen atoms in total. The Bertz CT molecular complexity index is 644. The summed E-state index contributed by atoms with van der Waals surface area (Å²) in [6.45, 7) is 0.0597. The molecular weight excluding hydrogens is 276 g/mol. The SMILES string of the molecule is O=C(/C=C/c1nc2ccccc2o1)NCC[C@H](O)C(=O)O.